The van der Waals surface area contributed by atoms with Crippen molar-refractivity contribution in [3.63, 3.8) is 0 Å². The van der Waals surface area contributed by atoms with Crippen LogP contribution in [0.5, 0.6) is 0 Å². The molecule has 7 nitrogen and oxygen atoms in total. The van der Waals surface area contributed by atoms with E-state index >= 15 is 0 Å². The molecule has 1 amide bonds. The molecular weight excluding hydrogens is 312 g/mol. The second kappa shape index (κ2) is 6.19. The average Bonchev–Trinajstić information content (AvgIpc) is 3.09. The van der Waals surface area contributed by atoms with Gasteiger partial charge in [0.2, 0.25) is 5.76 Å². The molecule has 0 aliphatic rings. The summed E-state index contributed by atoms with van der Waals surface area (Å²) < 4.78 is 15.4. The Kier molecular flexibility index (Phi) is 4.07. The van der Waals surface area contributed by atoms with Crippen molar-refractivity contribution in [3.05, 3.63) is 46.9 Å². The van der Waals surface area contributed by atoms with E-state index in [1.165, 1.54) is 0 Å². The van der Waals surface area contributed by atoms with Crippen LogP contribution in [-0.4, -0.2) is 23.6 Å². The standard InChI is InChI=1S/C17H16N2O5/c1-9-4-5-13-12(6-9)11(3)16(23-13)17(21)22-8-15(20)18-14-7-10(2)24-19-14/h4-7H,8H2,1-3H3,(H,18,19,20). The van der Waals surface area contributed by atoms with Crippen molar-refractivity contribution in [1.29, 1.82) is 0 Å². The van der Waals surface area contributed by atoms with Crippen LogP contribution in [0.25, 0.3) is 11.0 Å². The lowest BCUT2D eigenvalue weighted by atomic mass is 10.1. The Labute approximate surface area is 137 Å². The fraction of sp³-hybridized carbons (Fsp3) is 0.235. The van der Waals surface area contributed by atoms with Crippen LogP contribution in [0.3, 0.4) is 0 Å². The maximum Gasteiger partial charge on any atom is 0.375 e. The third-order valence-corrected chi connectivity index (χ3v) is 3.51. The van der Waals surface area contributed by atoms with Gasteiger partial charge in [0.1, 0.15) is 11.3 Å². The normalized spacial score (nSPS) is 10.8. The highest BCUT2D eigenvalue weighted by atomic mass is 16.5. The van der Waals surface area contributed by atoms with Crippen molar-refractivity contribution in [2.24, 2.45) is 0 Å². The first kappa shape index (κ1) is 15.8. The first-order valence-electron chi connectivity index (χ1n) is 7.34. The molecule has 0 fully saturated rings. The van der Waals surface area contributed by atoms with Gasteiger partial charge in [-0.2, -0.15) is 0 Å². The van der Waals surface area contributed by atoms with E-state index in [1.54, 1.807) is 26.0 Å². The Bertz CT molecular complexity index is 922. The van der Waals surface area contributed by atoms with Gasteiger partial charge in [-0.3, -0.25) is 4.79 Å². The number of hydrogen-bond acceptors (Lipinski definition) is 6. The summed E-state index contributed by atoms with van der Waals surface area (Å²) in [6.45, 7) is 4.99. The number of carbonyl (C=O) groups excluding carboxylic acids is 2. The van der Waals surface area contributed by atoms with Crippen LogP contribution >= 0.6 is 0 Å². The number of benzene rings is 1. The van der Waals surface area contributed by atoms with Crippen LogP contribution in [0.1, 0.15) is 27.4 Å². The Morgan fingerprint density at radius 3 is 2.71 bits per heavy atom. The summed E-state index contributed by atoms with van der Waals surface area (Å²) in [5.41, 5.74) is 2.35. The van der Waals surface area contributed by atoms with Crippen molar-refractivity contribution >= 4 is 28.7 Å². The number of nitrogens with zero attached hydrogens (tertiary/aromatic N) is 1. The zero-order chi connectivity index (χ0) is 17.3. The Hall–Kier alpha value is -3.09. The summed E-state index contributed by atoms with van der Waals surface area (Å²) in [5, 5.41) is 6.94. The molecule has 0 atom stereocenters. The van der Waals surface area contributed by atoms with Gasteiger partial charge in [-0.05, 0) is 32.9 Å². The molecule has 24 heavy (non-hydrogen) atoms. The first-order valence-corrected chi connectivity index (χ1v) is 7.34. The Balaban J connectivity index is 1.66. The molecule has 1 aromatic carbocycles. The molecule has 0 saturated heterocycles. The number of ether oxygens (including phenoxy) is 1. The third-order valence-electron chi connectivity index (χ3n) is 3.51. The number of aryl methyl sites for hydroxylation is 3. The second-order valence-corrected chi connectivity index (χ2v) is 5.50. The number of furan rings is 1. The van der Waals surface area contributed by atoms with Gasteiger partial charge in [0.05, 0.1) is 0 Å². The molecule has 0 radical (unpaired) electrons. The van der Waals surface area contributed by atoms with Gasteiger partial charge in [0, 0.05) is 17.0 Å². The number of hydrogen-bond donors (Lipinski definition) is 1. The van der Waals surface area contributed by atoms with Gasteiger partial charge in [-0.25, -0.2) is 4.79 Å². The summed E-state index contributed by atoms with van der Waals surface area (Å²) in [4.78, 5) is 23.9. The zero-order valence-corrected chi connectivity index (χ0v) is 13.5. The lowest BCUT2D eigenvalue weighted by molar-refractivity contribution is -0.119. The molecule has 1 N–H and O–H groups in total. The van der Waals surface area contributed by atoms with Crippen LogP contribution in [0.4, 0.5) is 5.82 Å². The zero-order valence-electron chi connectivity index (χ0n) is 13.5. The van der Waals surface area contributed by atoms with Crippen LogP contribution in [0, 0.1) is 20.8 Å². The summed E-state index contributed by atoms with van der Waals surface area (Å²) >= 11 is 0. The van der Waals surface area contributed by atoms with Crippen molar-refractivity contribution in [3.8, 4) is 0 Å². The Morgan fingerprint density at radius 1 is 1.21 bits per heavy atom. The minimum atomic E-state index is -0.687. The molecule has 3 aromatic rings. The van der Waals surface area contributed by atoms with Gasteiger partial charge in [-0.1, -0.05) is 16.8 Å². The number of fused-ring (bicyclic) bond motifs is 1. The van der Waals surface area contributed by atoms with Crippen LogP contribution in [0.15, 0.2) is 33.2 Å². The summed E-state index contributed by atoms with van der Waals surface area (Å²) in [7, 11) is 0. The molecule has 0 aliphatic heterocycles. The minimum Gasteiger partial charge on any atom is -0.450 e. The van der Waals surface area contributed by atoms with Crippen LogP contribution < -0.4 is 5.32 Å². The number of aromatic nitrogens is 1. The van der Waals surface area contributed by atoms with Crippen LogP contribution in [-0.2, 0) is 9.53 Å². The SMILES string of the molecule is Cc1ccc2oc(C(=O)OCC(=O)Nc3cc(C)on3)c(C)c2c1. The molecule has 0 unspecified atom stereocenters. The monoisotopic (exact) mass is 328 g/mol. The fourth-order valence-electron chi connectivity index (χ4n) is 2.33. The van der Waals surface area contributed by atoms with E-state index in [0.717, 1.165) is 10.9 Å². The lowest BCUT2D eigenvalue weighted by Crippen LogP contribution is -2.21. The van der Waals surface area contributed by atoms with Crippen molar-refractivity contribution in [1.82, 2.24) is 5.16 Å². The lowest BCUT2D eigenvalue weighted by Gasteiger charge is -2.03. The fourth-order valence-corrected chi connectivity index (χ4v) is 2.33. The highest BCUT2D eigenvalue weighted by Crippen LogP contribution is 2.26. The number of rotatable bonds is 4. The van der Waals surface area contributed by atoms with Crippen molar-refractivity contribution in [2.75, 3.05) is 11.9 Å². The van der Waals surface area contributed by atoms with E-state index in [2.05, 4.69) is 10.5 Å². The van der Waals surface area contributed by atoms with E-state index in [0.29, 0.717) is 16.9 Å². The number of amides is 1. The molecule has 2 aromatic heterocycles. The first-order chi connectivity index (χ1) is 11.4. The van der Waals surface area contributed by atoms with Crippen molar-refractivity contribution in [2.45, 2.75) is 20.8 Å². The topological polar surface area (TPSA) is 94.6 Å². The number of carbonyl (C=O) groups is 2. The second-order valence-electron chi connectivity index (χ2n) is 5.50. The maximum absolute atomic E-state index is 12.2. The molecule has 7 heteroatoms. The molecule has 3 rings (SSSR count). The summed E-state index contributed by atoms with van der Waals surface area (Å²) in [5.74, 6) is -0.269. The number of anilines is 1. The average molecular weight is 328 g/mol. The van der Waals surface area contributed by atoms with Gasteiger partial charge >= 0.3 is 5.97 Å². The van der Waals surface area contributed by atoms with Gasteiger partial charge in [0.15, 0.2) is 12.4 Å². The van der Waals surface area contributed by atoms with Crippen LogP contribution in [0.2, 0.25) is 0 Å². The van der Waals surface area contributed by atoms with E-state index < -0.39 is 18.5 Å². The molecule has 2 heterocycles. The molecule has 0 bridgehead atoms. The number of nitrogens with one attached hydrogen (secondary N) is 1. The predicted molar refractivity (Wildman–Crippen MR) is 85.8 cm³/mol. The van der Waals surface area contributed by atoms with E-state index in [-0.39, 0.29) is 11.6 Å². The predicted octanol–water partition coefficient (Wildman–Crippen LogP) is 3.14. The molecule has 0 aliphatic carbocycles. The minimum absolute atomic E-state index is 0.0979. The molecule has 124 valence electrons. The van der Waals surface area contributed by atoms with E-state index in [1.807, 2.05) is 19.1 Å². The highest BCUT2D eigenvalue weighted by molar-refractivity contribution is 5.98. The summed E-state index contributed by atoms with van der Waals surface area (Å²) in [6, 6.07) is 7.19. The molecular formula is C17H16N2O5. The quantitative estimate of drug-likeness (QED) is 0.739. The van der Waals surface area contributed by atoms with E-state index in [9.17, 15) is 9.59 Å². The molecule has 0 saturated carbocycles. The smallest absolute Gasteiger partial charge is 0.375 e. The Morgan fingerprint density at radius 2 is 2.00 bits per heavy atom. The molecule has 0 spiro atoms. The van der Waals surface area contributed by atoms with Gasteiger partial charge in [-0.15, -0.1) is 0 Å². The largest absolute Gasteiger partial charge is 0.450 e. The highest BCUT2D eigenvalue weighted by Gasteiger charge is 2.20. The summed E-state index contributed by atoms with van der Waals surface area (Å²) in [6.07, 6.45) is 0. The van der Waals surface area contributed by atoms with Gasteiger partial charge < -0.3 is 19.0 Å². The number of esters is 1. The maximum atomic E-state index is 12.2. The third kappa shape index (κ3) is 3.15. The van der Waals surface area contributed by atoms with E-state index in [4.69, 9.17) is 13.7 Å². The van der Waals surface area contributed by atoms with Crippen molar-refractivity contribution < 1.29 is 23.3 Å². The van der Waals surface area contributed by atoms with Gasteiger partial charge in [0.25, 0.3) is 5.91 Å².